The fourth-order valence-electron chi connectivity index (χ4n) is 11.9. The zero-order valence-corrected chi connectivity index (χ0v) is 43.1. The SMILES string of the molecule is CC(C)c1ccc(N(c2ccc3cc4c(cc3c2)oc2c(C#N)c3oc5cc6cc(N(c7ccc(C(C)C)cc7)c7cccc8c7oc7ccccc78)ccc6cc5c3c(C#N)c24)c2cccc3c2oc2ccccc23)cc1. The van der Waals surface area contributed by atoms with E-state index in [4.69, 9.17) is 17.7 Å². The van der Waals surface area contributed by atoms with Crippen LogP contribution < -0.4 is 9.80 Å². The van der Waals surface area contributed by atoms with Crippen molar-refractivity contribution in [2.24, 2.45) is 0 Å². The van der Waals surface area contributed by atoms with Crippen molar-refractivity contribution in [3.63, 3.8) is 0 Å². The van der Waals surface area contributed by atoms with Crippen molar-refractivity contribution in [1.82, 2.24) is 0 Å². The summed E-state index contributed by atoms with van der Waals surface area (Å²) >= 11 is 0. The first-order valence-corrected chi connectivity index (χ1v) is 26.4. The molecule has 4 aromatic heterocycles. The summed E-state index contributed by atoms with van der Waals surface area (Å²) in [7, 11) is 0. The zero-order valence-electron chi connectivity index (χ0n) is 43.1. The molecule has 0 amide bonds. The standard InChI is InChI=1S/C70H46N4O4/c1-39(2)41-19-25-47(26-20-41)73(59-15-9-13-53-51-11-5-7-17-61(51)75-67(53)59)49-29-23-43-33-55-63(35-45(43)31-49)77-69-58(38-72)70-66(57(37-71)65(55)69)56-34-44-24-30-50(32-46(44)36-64(56)78-70)74(48-27-21-42(22-28-48)40(3)4)60-16-10-14-54-52-12-6-8-18-62(52)76-68(54)60/h5-36,39-40H,1-4H3. The molecule has 0 saturated carbocycles. The van der Waals surface area contributed by atoms with E-state index in [1.807, 2.05) is 48.5 Å². The van der Waals surface area contributed by atoms with Gasteiger partial charge in [-0.15, -0.1) is 0 Å². The lowest BCUT2D eigenvalue weighted by Crippen LogP contribution is -2.10. The van der Waals surface area contributed by atoms with Crippen molar-refractivity contribution >= 4 is 143 Å². The highest BCUT2D eigenvalue weighted by Gasteiger charge is 2.27. The third-order valence-electron chi connectivity index (χ3n) is 15.8. The molecule has 15 rings (SSSR count). The van der Waals surface area contributed by atoms with Crippen LogP contribution in [0.5, 0.6) is 0 Å². The van der Waals surface area contributed by atoms with Crippen molar-refractivity contribution in [3.05, 3.63) is 216 Å². The smallest absolute Gasteiger partial charge is 0.159 e. The highest BCUT2D eigenvalue weighted by atomic mass is 16.3. The minimum Gasteiger partial charge on any atom is -0.454 e. The zero-order chi connectivity index (χ0) is 52.5. The number of hydrogen-bond acceptors (Lipinski definition) is 8. The Kier molecular flexibility index (Phi) is 9.91. The lowest BCUT2D eigenvalue weighted by Gasteiger charge is -2.26. The van der Waals surface area contributed by atoms with Gasteiger partial charge in [0.25, 0.3) is 0 Å². The van der Waals surface area contributed by atoms with Gasteiger partial charge in [-0.25, -0.2) is 0 Å². The van der Waals surface area contributed by atoms with Crippen LogP contribution in [-0.2, 0) is 0 Å². The van der Waals surface area contributed by atoms with Crippen molar-refractivity contribution in [1.29, 1.82) is 10.5 Å². The molecule has 0 aliphatic rings. The molecule has 4 heterocycles. The molecule has 0 aliphatic heterocycles. The molecule has 78 heavy (non-hydrogen) atoms. The Bertz CT molecular complexity index is 4770. The average molecular weight is 1010 g/mol. The van der Waals surface area contributed by atoms with E-state index in [0.717, 1.165) is 110 Å². The maximum absolute atomic E-state index is 11.2. The molecule has 0 spiro atoms. The van der Waals surface area contributed by atoms with Crippen molar-refractivity contribution in [2.45, 2.75) is 39.5 Å². The quantitative estimate of drug-likeness (QED) is 0.148. The number of rotatable bonds is 8. The molecule has 0 aliphatic carbocycles. The minimum absolute atomic E-state index is 0.241. The van der Waals surface area contributed by atoms with E-state index in [9.17, 15) is 10.5 Å². The second kappa shape index (κ2) is 17.1. The summed E-state index contributed by atoms with van der Waals surface area (Å²) in [5, 5.41) is 32.8. The molecule has 0 bridgehead atoms. The van der Waals surface area contributed by atoms with Gasteiger partial charge in [-0.1, -0.05) is 125 Å². The van der Waals surface area contributed by atoms with Gasteiger partial charge >= 0.3 is 0 Å². The summed E-state index contributed by atoms with van der Waals surface area (Å²) in [6.07, 6.45) is 0. The van der Waals surface area contributed by atoms with E-state index in [2.05, 4.69) is 195 Å². The first kappa shape index (κ1) is 45.1. The van der Waals surface area contributed by atoms with Gasteiger partial charge in [0.05, 0.1) is 16.9 Å². The van der Waals surface area contributed by atoms with Crippen LogP contribution in [0.2, 0.25) is 0 Å². The number of benzene rings is 11. The number of para-hydroxylation sites is 4. The predicted molar refractivity (Wildman–Crippen MR) is 318 cm³/mol. The first-order chi connectivity index (χ1) is 38.2. The molecule has 0 fully saturated rings. The van der Waals surface area contributed by atoms with Crippen molar-refractivity contribution in [2.75, 3.05) is 9.80 Å². The van der Waals surface area contributed by atoms with Gasteiger partial charge in [0.15, 0.2) is 22.3 Å². The van der Waals surface area contributed by atoms with E-state index < -0.39 is 0 Å². The van der Waals surface area contributed by atoms with E-state index in [1.54, 1.807) is 0 Å². The Balaban J connectivity index is 0.877. The third kappa shape index (κ3) is 6.77. The highest BCUT2D eigenvalue weighted by molar-refractivity contribution is 6.24. The molecule has 11 aromatic carbocycles. The molecule has 0 atom stereocenters. The number of fused-ring (bicyclic) bond motifs is 14. The van der Waals surface area contributed by atoms with Gasteiger partial charge in [-0.3, -0.25) is 0 Å². The van der Waals surface area contributed by atoms with Crippen LogP contribution in [0, 0.1) is 22.7 Å². The Labute approximate surface area is 447 Å². The van der Waals surface area contributed by atoms with Gasteiger partial charge in [0.2, 0.25) is 0 Å². The van der Waals surface area contributed by atoms with Crippen molar-refractivity contribution in [3.8, 4) is 12.1 Å². The summed E-state index contributed by atoms with van der Waals surface area (Å²) in [6.45, 7) is 8.81. The van der Waals surface area contributed by atoms with Crippen LogP contribution in [0.3, 0.4) is 0 Å². The average Bonchev–Trinajstić information content (AvgIpc) is 4.44. The van der Waals surface area contributed by atoms with Crippen LogP contribution in [0.4, 0.5) is 34.1 Å². The van der Waals surface area contributed by atoms with Gasteiger partial charge in [0.1, 0.15) is 40.0 Å². The first-order valence-electron chi connectivity index (χ1n) is 26.4. The van der Waals surface area contributed by atoms with Gasteiger partial charge < -0.3 is 27.5 Å². The summed E-state index contributed by atoms with van der Waals surface area (Å²) in [5.41, 5.74) is 13.8. The molecule has 370 valence electrons. The third-order valence-corrected chi connectivity index (χ3v) is 15.8. The fourth-order valence-corrected chi connectivity index (χ4v) is 11.9. The predicted octanol–water partition coefficient (Wildman–Crippen LogP) is 20.5. The lowest BCUT2D eigenvalue weighted by molar-refractivity contribution is 0.654. The van der Waals surface area contributed by atoms with Crippen LogP contribution >= 0.6 is 0 Å². The molecule has 8 heteroatoms. The molecule has 15 aromatic rings. The second-order valence-corrected chi connectivity index (χ2v) is 21.0. The van der Waals surface area contributed by atoms with Gasteiger partial charge in [-0.2, -0.15) is 10.5 Å². The summed E-state index contributed by atoms with van der Waals surface area (Å²) in [5.74, 6) is 0.761. The Hall–Kier alpha value is -10.3. The van der Waals surface area contributed by atoms with Gasteiger partial charge in [-0.05, 0) is 142 Å². The fraction of sp³-hybridized carbons (Fsp3) is 0.0857. The monoisotopic (exact) mass is 1010 g/mol. The van der Waals surface area contributed by atoms with Gasteiger partial charge in [0, 0.05) is 65.8 Å². The highest BCUT2D eigenvalue weighted by Crippen LogP contribution is 2.48. The minimum atomic E-state index is 0.241. The summed E-state index contributed by atoms with van der Waals surface area (Å²) in [6, 6.07) is 72.3. The molecular formula is C70H46N4O4. The molecule has 0 saturated heterocycles. The van der Waals surface area contributed by atoms with Crippen LogP contribution in [-0.4, -0.2) is 0 Å². The van der Waals surface area contributed by atoms with E-state index in [0.29, 0.717) is 50.5 Å². The van der Waals surface area contributed by atoms with Crippen LogP contribution in [0.15, 0.2) is 212 Å². The molecule has 0 unspecified atom stereocenters. The largest absolute Gasteiger partial charge is 0.454 e. The van der Waals surface area contributed by atoms with Crippen molar-refractivity contribution < 1.29 is 17.7 Å². The van der Waals surface area contributed by atoms with Crippen LogP contribution in [0.25, 0.3) is 109 Å². The molecule has 0 radical (unpaired) electrons. The number of anilines is 6. The number of furan rings is 4. The number of nitrogens with zero attached hydrogens (tertiary/aromatic N) is 4. The van der Waals surface area contributed by atoms with E-state index in [-0.39, 0.29) is 5.56 Å². The maximum Gasteiger partial charge on any atom is 0.159 e. The number of hydrogen-bond donors (Lipinski definition) is 0. The maximum atomic E-state index is 11.2. The molecule has 0 N–H and O–H groups in total. The Morgan fingerprint density at radius 1 is 0.333 bits per heavy atom. The van der Waals surface area contributed by atoms with E-state index in [1.165, 1.54) is 11.1 Å². The summed E-state index contributed by atoms with van der Waals surface area (Å²) < 4.78 is 26.7. The Morgan fingerprint density at radius 3 is 1.15 bits per heavy atom. The Morgan fingerprint density at radius 2 is 0.731 bits per heavy atom. The summed E-state index contributed by atoms with van der Waals surface area (Å²) in [4.78, 5) is 4.49. The molecule has 8 nitrogen and oxygen atoms in total. The number of nitriles is 2. The second-order valence-electron chi connectivity index (χ2n) is 21.0. The van der Waals surface area contributed by atoms with Crippen LogP contribution in [0.1, 0.15) is 61.8 Å². The molecular weight excluding hydrogens is 961 g/mol. The van der Waals surface area contributed by atoms with E-state index >= 15 is 0 Å². The normalized spacial score (nSPS) is 12.1. The lowest BCUT2D eigenvalue weighted by atomic mass is 9.96. The topological polar surface area (TPSA) is 107 Å².